The topological polar surface area (TPSA) is 67.0 Å². The average Bonchev–Trinajstić information content (AvgIpc) is 3.23. The molecule has 0 bridgehead atoms. The summed E-state index contributed by atoms with van der Waals surface area (Å²) in [6, 6.07) is 19.7. The first-order valence-electron chi connectivity index (χ1n) is 9.85. The number of carbonyl (C=O) groups excluding carboxylic acids is 1. The van der Waals surface area contributed by atoms with Gasteiger partial charge < -0.3 is 15.0 Å². The molecule has 4 aromatic rings. The van der Waals surface area contributed by atoms with Crippen LogP contribution < -0.4 is 10.1 Å². The molecule has 1 atom stereocenters. The number of benzene rings is 2. The van der Waals surface area contributed by atoms with Gasteiger partial charge >= 0.3 is 0 Å². The van der Waals surface area contributed by atoms with Crippen LogP contribution >= 0.6 is 23.4 Å². The fourth-order valence-electron chi connectivity index (χ4n) is 3.50. The fraction of sp³-hybridized carbons (Fsp3) is 0.167. The van der Waals surface area contributed by atoms with Gasteiger partial charge in [0.25, 0.3) is 0 Å². The number of carbonyl (C=O) groups is 1. The molecule has 7 heteroatoms. The van der Waals surface area contributed by atoms with Crippen molar-refractivity contribution in [3.63, 3.8) is 0 Å². The Morgan fingerprint density at radius 2 is 1.97 bits per heavy atom. The van der Waals surface area contributed by atoms with E-state index >= 15 is 0 Å². The fourth-order valence-corrected chi connectivity index (χ4v) is 4.50. The van der Waals surface area contributed by atoms with E-state index in [1.807, 2.05) is 42.6 Å². The molecule has 2 aromatic heterocycles. The van der Waals surface area contributed by atoms with E-state index in [1.165, 1.54) is 11.8 Å². The molecular formula is C24H22ClN3O2S. The van der Waals surface area contributed by atoms with Gasteiger partial charge in [-0.3, -0.25) is 4.79 Å². The molecule has 0 spiro atoms. The SMILES string of the molecule is COc1ccc(C(CNC(=O)CSc2ncccc2Cl)c2c[nH]c3ccccc23)cc1. The van der Waals surface area contributed by atoms with E-state index in [-0.39, 0.29) is 17.6 Å². The number of aromatic nitrogens is 2. The number of nitrogens with zero attached hydrogens (tertiary/aromatic N) is 1. The van der Waals surface area contributed by atoms with Crippen molar-refractivity contribution in [3.8, 4) is 5.75 Å². The second-order valence-corrected chi connectivity index (χ2v) is 8.37. The second kappa shape index (κ2) is 9.90. The number of hydrogen-bond acceptors (Lipinski definition) is 4. The number of pyridine rings is 1. The first-order valence-corrected chi connectivity index (χ1v) is 11.2. The number of para-hydroxylation sites is 1. The van der Waals surface area contributed by atoms with Crippen molar-refractivity contribution in [2.75, 3.05) is 19.4 Å². The third-order valence-corrected chi connectivity index (χ3v) is 6.51. The quantitative estimate of drug-likeness (QED) is 0.358. The second-order valence-electron chi connectivity index (χ2n) is 7.00. The van der Waals surface area contributed by atoms with Crippen LogP contribution in [0, 0.1) is 0 Å². The van der Waals surface area contributed by atoms with Crippen molar-refractivity contribution >= 4 is 40.2 Å². The Morgan fingerprint density at radius 3 is 2.74 bits per heavy atom. The van der Waals surface area contributed by atoms with E-state index in [4.69, 9.17) is 16.3 Å². The summed E-state index contributed by atoms with van der Waals surface area (Å²) < 4.78 is 5.30. The number of halogens is 1. The van der Waals surface area contributed by atoms with Crippen molar-refractivity contribution in [2.45, 2.75) is 10.9 Å². The molecule has 0 radical (unpaired) electrons. The van der Waals surface area contributed by atoms with Crippen LogP contribution in [0.2, 0.25) is 5.02 Å². The minimum atomic E-state index is -0.0647. The summed E-state index contributed by atoms with van der Waals surface area (Å²) in [5, 5.41) is 5.43. The van der Waals surface area contributed by atoms with Crippen molar-refractivity contribution in [3.05, 3.63) is 89.2 Å². The summed E-state index contributed by atoms with van der Waals surface area (Å²) in [5.74, 6) is 0.980. The number of nitrogens with one attached hydrogen (secondary N) is 2. The van der Waals surface area contributed by atoms with Crippen molar-refractivity contribution < 1.29 is 9.53 Å². The lowest BCUT2D eigenvalue weighted by molar-refractivity contribution is -0.118. The summed E-state index contributed by atoms with van der Waals surface area (Å²) in [7, 11) is 1.65. The summed E-state index contributed by atoms with van der Waals surface area (Å²) in [4.78, 5) is 20.1. The molecule has 0 aliphatic rings. The van der Waals surface area contributed by atoms with Gasteiger partial charge in [-0.25, -0.2) is 4.98 Å². The van der Waals surface area contributed by atoms with Crippen LogP contribution in [-0.2, 0) is 4.79 Å². The molecule has 158 valence electrons. The van der Waals surface area contributed by atoms with Crippen molar-refractivity contribution in [1.82, 2.24) is 15.3 Å². The van der Waals surface area contributed by atoms with Crippen molar-refractivity contribution in [1.29, 1.82) is 0 Å². The lowest BCUT2D eigenvalue weighted by Crippen LogP contribution is -2.30. The standard InChI is InChI=1S/C24H22ClN3O2S/c1-30-17-10-8-16(9-11-17)19(20-14-27-22-7-3-2-5-18(20)22)13-28-23(29)15-31-24-21(25)6-4-12-26-24/h2-12,14,19,27H,13,15H2,1H3,(H,28,29). The highest BCUT2D eigenvalue weighted by Crippen LogP contribution is 2.31. The largest absolute Gasteiger partial charge is 0.497 e. The molecule has 0 saturated carbocycles. The van der Waals surface area contributed by atoms with Crippen LogP contribution in [0.5, 0.6) is 5.75 Å². The van der Waals surface area contributed by atoms with Crippen LogP contribution in [-0.4, -0.2) is 35.3 Å². The van der Waals surface area contributed by atoms with Gasteiger partial charge in [0.15, 0.2) is 0 Å². The monoisotopic (exact) mass is 451 g/mol. The van der Waals surface area contributed by atoms with Crippen LogP contribution in [0.15, 0.2) is 78.1 Å². The van der Waals surface area contributed by atoms with E-state index in [9.17, 15) is 4.79 Å². The molecular weight excluding hydrogens is 430 g/mol. The van der Waals surface area contributed by atoms with Crippen molar-refractivity contribution in [2.24, 2.45) is 0 Å². The molecule has 2 aromatic carbocycles. The molecule has 0 aliphatic carbocycles. The van der Waals surface area contributed by atoms with Gasteiger partial charge in [0.1, 0.15) is 10.8 Å². The Bertz CT molecular complexity index is 1180. The zero-order chi connectivity index (χ0) is 21.6. The van der Waals surface area contributed by atoms with Gasteiger partial charge in [-0.2, -0.15) is 0 Å². The first kappa shape index (κ1) is 21.3. The average molecular weight is 452 g/mol. The number of methoxy groups -OCH3 is 1. The molecule has 0 saturated heterocycles. The number of rotatable bonds is 8. The van der Waals surface area contributed by atoms with Gasteiger partial charge in [-0.05, 0) is 41.5 Å². The Balaban J connectivity index is 1.52. The summed E-state index contributed by atoms with van der Waals surface area (Å²) in [6.45, 7) is 0.476. The number of amides is 1. The normalized spacial score (nSPS) is 11.9. The maximum absolute atomic E-state index is 12.6. The molecule has 4 rings (SSSR count). The van der Waals surface area contributed by atoms with Crippen LogP contribution in [0.25, 0.3) is 10.9 Å². The van der Waals surface area contributed by atoms with E-state index in [0.29, 0.717) is 16.6 Å². The number of aromatic amines is 1. The first-order chi connectivity index (χ1) is 15.2. The Kier molecular flexibility index (Phi) is 6.79. The van der Waals surface area contributed by atoms with Gasteiger partial charge in [-0.1, -0.05) is 53.7 Å². The molecule has 2 heterocycles. The maximum Gasteiger partial charge on any atom is 0.230 e. The number of H-pyrrole nitrogens is 1. The zero-order valence-corrected chi connectivity index (χ0v) is 18.5. The molecule has 5 nitrogen and oxygen atoms in total. The number of hydrogen-bond donors (Lipinski definition) is 2. The summed E-state index contributed by atoms with van der Waals surface area (Å²) >= 11 is 7.46. The predicted octanol–water partition coefficient (Wildman–Crippen LogP) is 5.27. The van der Waals surface area contributed by atoms with Crippen LogP contribution in [0.4, 0.5) is 0 Å². The highest BCUT2D eigenvalue weighted by atomic mass is 35.5. The third kappa shape index (κ3) is 5.03. The number of ether oxygens (including phenoxy) is 1. The number of fused-ring (bicyclic) bond motifs is 1. The molecule has 0 fully saturated rings. The van der Waals surface area contributed by atoms with E-state index in [2.05, 4.69) is 27.4 Å². The molecule has 2 N–H and O–H groups in total. The van der Waals surface area contributed by atoms with Crippen LogP contribution in [0.3, 0.4) is 0 Å². The highest BCUT2D eigenvalue weighted by molar-refractivity contribution is 8.00. The van der Waals surface area contributed by atoms with Gasteiger partial charge in [0.2, 0.25) is 5.91 Å². The van der Waals surface area contributed by atoms with Gasteiger partial charge in [0.05, 0.1) is 17.9 Å². The lowest BCUT2D eigenvalue weighted by Gasteiger charge is -2.18. The summed E-state index contributed by atoms with van der Waals surface area (Å²) in [6.07, 6.45) is 3.69. The van der Waals surface area contributed by atoms with E-state index in [0.717, 1.165) is 27.8 Å². The van der Waals surface area contributed by atoms with E-state index in [1.54, 1.807) is 25.4 Å². The minimum absolute atomic E-state index is 0.00514. The molecule has 1 amide bonds. The van der Waals surface area contributed by atoms with Gasteiger partial charge in [-0.15, -0.1) is 0 Å². The molecule has 0 aliphatic heterocycles. The molecule has 31 heavy (non-hydrogen) atoms. The Morgan fingerprint density at radius 1 is 1.16 bits per heavy atom. The van der Waals surface area contributed by atoms with Crippen LogP contribution in [0.1, 0.15) is 17.0 Å². The summed E-state index contributed by atoms with van der Waals surface area (Å²) in [5.41, 5.74) is 3.32. The maximum atomic E-state index is 12.6. The van der Waals surface area contributed by atoms with E-state index < -0.39 is 0 Å². The Labute approximate surface area is 190 Å². The minimum Gasteiger partial charge on any atom is -0.497 e. The highest BCUT2D eigenvalue weighted by Gasteiger charge is 2.19. The number of thioether (sulfide) groups is 1. The predicted molar refractivity (Wildman–Crippen MR) is 126 cm³/mol. The third-order valence-electron chi connectivity index (χ3n) is 5.08. The Hall–Kier alpha value is -2.96. The molecule has 1 unspecified atom stereocenters. The lowest BCUT2D eigenvalue weighted by atomic mass is 9.91. The van der Waals surface area contributed by atoms with Gasteiger partial charge in [0, 0.05) is 35.8 Å². The zero-order valence-electron chi connectivity index (χ0n) is 17.0. The smallest absolute Gasteiger partial charge is 0.230 e.